The Morgan fingerprint density at radius 3 is 2.72 bits per heavy atom. The molecule has 0 spiro atoms. The average molecular weight is 245 g/mol. The molecule has 1 fully saturated rings. The van der Waals surface area contributed by atoms with Crippen molar-refractivity contribution >= 4 is 11.8 Å². The van der Waals surface area contributed by atoms with E-state index < -0.39 is 18.0 Å². The zero-order valence-electron chi connectivity index (χ0n) is 9.41. The highest BCUT2D eigenvalue weighted by atomic mass is 16.2. The lowest BCUT2D eigenvalue weighted by Crippen LogP contribution is -2.62. The van der Waals surface area contributed by atoms with Crippen LogP contribution < -0.4 is 10.6 Å². The molecular formula is C11H11N5O2. The molecule has 1 aromatic carbocycles. The molecule has 0 radical (unpaired) electrons. The van der Waals surface area contributed by atoms with E-state index >= 15 is 0 Å². The number of benzene rings is 1. The van der Waals surface area contributed by atoms with Crippen molar-refractivity contribution in [1.29, 1.82) is 0 Å². The summed E-state index contributed by atoms with van der Waals surface area (Å²) in [6.07, 6.45) is 0. The first kappa shape index (κ1) is 11.9. The Labute approximate surface area is 103 Å². The standard InChI is InChI=1S/C11H11N5O2/c12-16-15-9(7-4-2-1-3-5-7)11(18)14-8-6-13-10(8)17/h1-5,8-9H,6H2,(H,13,17)(H,14,18). The Morgan fingerprint density at radius 2 is 2.22 bits per heavy atom. The average Bonchev–Trinajstić information content (AvgIpc) is 2.41. The molecule has 2 N–H and O–H groups in total. The molecule has 18 heavy (non-hydrogen) atoms. The van der Waals surface area contributed by atoms with E-state index in [1.165, 1.54) is 0 Å². The van der Waals surface area contributed by atoms with Gasteiger partial charge < -0.3 is 10.6 Å². The van der Waals surface area contributed by atoms with Crippen LogP contribution in [0.3, 0.4) is 0 Å². The predicted molar refractivity (Wildman–Crippen MR) is 63.3 cm³/mol. The van der Waals surface area contributed by atoms with Crippen molar-refractivity contribution in [2.75, 3.05) is 6.54 Å². The lowest BCUT2D eigenvalue weighted by molar-refractivity contribution is -0.133. The van der Waals surface area contributed by atoms with Crippen LogP contribution in [0.5, 0.6) is 0 Å². The summed E-state index contributed by atoms with van der Waals surface area (Å²) in [5.41, 5.74) is 9.09. The lowest BCUT2D eigenvalue weighted by Gasteiger charge is -2.27. The first-order chi connectivity index (χ1) is 8.72. The number of hydrogen-bond acceptors (Lipinski definition) is 3. The van der Waals surface area contributed by atoms with Crippen LogP contribution >= 0.6 is 0 Å². The van der Waals surface area contributed by atoms with E-state index in [1.54, 1.807) is 30.3 Å². The summed E-state index contributed by atoms with van der Waals surface area (Å²) in [6.45, 7) is 0.405. The monoisotopic (exact) mass is 245 g/mol. The fourth-order valence-electron chi connectivity index (χ4n) is 1.61. The largest absolute Gasteiger partial charge is 0.352 e. The van der Waals surface area contributed by atoms with Crippen LogP contribution in [0, 0.1) is 0 Å². The molecule has 0 bridgehead atoms. The number of azide groups is 1. The van der Waals surface area contributed by atoms with Crippen molar-refractivity contribution in [3.8, 4) is 0 Å². The Kier molecular flexibility index (Phi) is 3.45. The molecule has 0 aliphatic carbocycles. The number of carbonyl (C=O) groups excluding carboxylic acids is 2. The number of nitrogens with one attached hydrogen (secondary N) is 2. The lowest BCUT2D eigenvalue weighted by atomic mass is 10.1. The fraction of sp³-hybridized carbons (Fsp3) is 0.273. The van der Waals surface area contributed by atoms with Crippen LogP contribution in [0.15, 0.2) is 35.4 Å². The number of rotatable bonds is 4. The normalized spacial score (nSPS) is 18.9. The molecule has 1 aliphatic rings. The first-order valence-electron chi connectivity index (χ1n) is 5.39. The minimum Gasteiger partial charge on any atom is -0.352 e. The molecule has 0 aromatic heterocycles. The summed E-state index contributed by atoms with van der Waals surface area (Å²) in [4.78, 5) is 25.6. The molecule has 2 atom stereocenters. The van der Waals surface area contributed by atoms with Gasteiger partial charge in [-0.15, -0.1) is 0 Å². The van der Waals surface area contributed by atoms with Gasteiger partial charge in [0.1, 0.15) is 12.1 Å². The minimum atomic E-state index is -0.954. The topological polar surface area (TPSA) is 107 Å². The van der Waals surface area contributed by atoms with Gasteiger partial charge in [0.25, 0.3) is 0 Å². The van der Waals surface area contributed by atoms with E-state index in [0.29, 0.717) is 12.1 Å². The second-order valence-corrected chi connectivity index (χ2v) is 3.82. The second kappa shape index (κ2) is 5.20. The highest BCUT2D eigenvalue weighted by molar-refractivity contribution is 5.93. The van der Waals surface area contributed by atoms with Crippen molar-refractivity contribution in [2.24, 2.45) is 5.11 Å². The maximum absolute atomic E-state index is 11.9. The van der Waals surface area contributed by atoms with Crippen molar-refractivity contribution < 1.29 is 9.59 Å². The number of carbonyl (C=O) groups is 2. The Balaban J connectivity index is 2.12. The summed E-state index contributed by atoms with van der Waals surface area (Å²) in [5.74, 6) is -0.699. The quantitative estimate of drug-likeness (QED) is 0.351. The molecule has 1 heterocycles. The van der Waals surface area contributed by atoms with Gasteiger partial charge in [0.15, 0.2) is 0 Å². The Morgan fingerprint density at radius 1 is 1.50 bits per heavy atom. The van der Waals surface area contributed by atoms with Crippen molar-refractivity contribution in [2.45, 2.75) is 12.1 Å². The van der Waals surface area contributed by atoms with Crippen molar-refractivity contribution in [3.05, 3.63) is 46.3 Å². The van der Waals surface area contributed by atoms with E-state index in [9.17, 15) is 9.59 Å². The molecule has 7 nitrogen and oxygen atoms in total. The number of amides is 2. The van der Waals surface area contributed by atoms with Crippen LogP contribution in [0.1, 0.15) is 11.6 Å². The third kappa shape index (κ3) is 2.41. The van der Waals surface area contributed by atoms with E-state index in [0.717, 1.165) is 0 Å². The van der Waals surface area contributed by atoms with Crippen LogP contribution in [0.25, 0.3) is 10.4 Å². The molecule has 2 unspecified atom stereocenters. The number of β-lactam (4-membered cyclic amide) rings is 1. The molecule has 1 aromatic rings. The highest BCUT2D eigenvalue weighted by Crippen LogP contribution is 2.18. The predicted octanol–water partition coefficient (Wildman–Crippen LogP) is 0.653. The summed E-state index contributed by atoms with van der Waals surface area (Å²) in [6, 6.07) is 7.20. The van der Waals surface area contributed by atoms with Crippen LogP contribution in [0.4, 0.5) is 0 Å². The van der Waals surface area contributed by atoms with Crippen molar-refractivity contribution in [1.82, 2.24) is 10.6 Å². The van der Waals surface area contributed by atoms with Gasteiger partial charge in [-0.2, -0.15) is 0 Å². The summed E-state index contributed by atoms with van der Waals surface area (Å²) in [5, 5.41) is 8.52. The van der Waals surface area contributed by atoms with E-state index in [1.807, 2.05) is 0 Å². The van der Waals surface area contributed by atoms with E-state index in [4.69, 9.17) is 5.53 Å². The summed E-state index contributed by atoms with van der Waals surface area (Å²) in [7, 11) is 0. The van der Waals surface area contributed by atoms with Gasteiger partial charge in [-0.25, -0.2) is 0 Å². The molecule has 2 rings (SSSR count). The SMILES string of the molecule is [N-]=[N+]=NC(C(=O)NC1CNC1=O)c1ccccc1. The first-order valence-corrected chi connectivity index (χ1v) is 5.39. The van der Waals surface area contributed by atoms with E-state index in [-0.39, 0.29) is 5.91 Å². The number of nitrogens with zero attached hydrogens (tertiary/aromatic N) is 3. The number of hydrogen-bond donors (Lipinski definition) is 2. The summed E-state index contributed by atoms with van der Waals surface area (Å²) < 4.78 is 0. The molecular weight excluding hydrogens is 234 g/mol. The maximum Gasteiger partial charge on any atom is 0.244 e. The summed E-state index contributed by atoms with van der Waals surface area (Å²) >= 11 is 0. The van der Waals surface area contributed by atoms with Gasteiger partial charge in [-0.1, -0.05) is 35.4 Å². The van der Waals surface area contributed by atoms with Crippen LogP contribution in [-0.4, -0.2) is 24.4 Å². The molecule has 92 valence electrons. The van der Waals surface area contributed by atoms with Gasteiger partial charge in [0, 0.05) is 11.5 Å². The third-order valence-corrected chi connectivity index (χ3v) is 2.64. The smallest absolute Gasteiger partial charge is 0.244 e. The van der Waals surface area contributed by atoms with Gasteiger partial charge in [0.2, 0.25) is 11.8 Å². The third-order valence-electron chi connectivity index (χ3n) is 2.64. The maximum atomic E-state index is 11.9. The Bertz CT molecular complexity index is 509. The zero-order valence-corrected chi connectivity index (χ0v) is 9.41. The van der Waals surface area contributed by atoms with E-state index in [2.05, 4.69) is 20.7 Å². The van der Waals surface area contributed by atoms with Crippen molar-refractivity contribution in [3.63, 3.8) is 0 Å². The molecule has 2 amide bonds. The van der Waals surface area contributed by atoms with Gasteiger partial charge in [-0.05, 0) is 11.1 Å². The molecule has 0 saturated carbocycles. The second-order valence-electron chi connectivity index (χ2n) is 3.82. The molecule has 1 saturated heterocycles. The fourth-order valence-corrected chi connectivity index (χ4v) is 1.61. The highest BCUT2D eigenvalue weighted by Gasteiger charge is 2.31. The van der Waals surface area contributed by atoms with Crippen LogP contribution in [0.2, 0.25) is 0 Å². The van der Waals surface area contributed by atoms with Gasteiger partial charge in [-0.3, -0.25) is 9.59 Å². The Hall–Kier alpha value is -2.53. The molecule has 7 heteroatoms. The van der Waals surface area contributed by atoms with Gasteiger partial charge in [0.05, 0.1) is 0 Å². The van der Waals surface area contributed by atoms with Crippen LogP contribution in [-0.2, 0) is 9.59 Å². The van der Waals surface area contributed by atoms with Gasteiger partial charge >= 0.3 is 0 Å². The molecule has 1 aliphatic heterocycles. The zero-order chi connectivity index (χ0) is 13.0. The minimum absolute atomic E-state index is 0.226.